The highest BCUT2D eigenvalue weighted by molar-refractivity contribution is 7.92. The third kappa shape index (κ3) is 6.18. The number of nitrogens with zero attached hydrogens (tertiary/aromatic N) is 1. The average molecular weight is 489 g/mol. The Hall–Kier alpha value is -3.23. The number of halogens is 1. The normalized spacial score (nSPS) is 11.0. The quantitative estimate of drug-likeness (QED) is 0.435. The van der Waals surface area contributed by atoms with Gasteiger partial charge in [0.25, 0.3) is 10.0 Å². The Morgan fingerprint density at radius 3 is 2.18 bits per heavy atom. The van der Waals surface area contributed by atoms with Crippen LogP contribution in [0.15, 0.2) is 77.7 Å². The number of benzene rings is 3. The van der Waals surface area contributed by atoms with E-state index >= 15 is 0 Å². The number of rotatable bonds is 10. The molecule has 0 fully saturated rings. The number of anilines is 2. The van der Waals surface area contributed by atoms with E-state index in [1.165, 1.54) is 24.3 Å². The molecule has 0 atom stereocenters. The Morgan fingerprint density at radius 2 is 1.55 bits per heavy atom. The number of amides is 1. The molecule has 0 heterocycles. The zero-order valence-corrected chi connectivity index (χ0v) is 19.9. The van der Waals surface area contributed by atoms with E-state index in [-0.39, 0.29) is 4.90 Å². The number of para-hydroxylation sites is 2. The standard InChI is InChI=1S/C24H25ClN2O5S/c1-3-31-20-13-11-19(12-14-20)27(33(29,30)21-15-9-18(25)10-16-21)17-24(28)26-22-7-5-6-8-23(22)32-4-2/h5-16H,3-4,17H2,1-2H3,(H,26,28). The molecule has 0 unspecified atom stereocenters. The largest absolute Gasteiger partial charge is 0.494 e. The molecule has 3 aromatic carbocycles. The molecule has 7 nitrogen and oxygen atoms in total. The number of ether oxygens (including phenoxy) is 2. The number of hydrogen-bond donors (Lipinski definition) is 1. The molecule has 174 valence electrons. The summed E-state index contributed by atoms with van der Waals surface area (Å²) in [6, 6.07) is 19.3. The predicted octanol–water partition coefficient (Wildman–Crippen LogP) is 4.97. The molecule has 1 amide bonds. The first-order chi connectivity index (χ1) is 15.8. The van der Waals surface area contributed by atoms with Crippen LogP contribution in [0.4, 0.5) is 11.4 Å². The number of nitrogens with one attached hydrogen (secondary N) is 1. The van der Waals surface area contributed by atoms with Crippen molar-refractivity contribution >= 4 is 38.9 Å². The maximum atomic E-state index is 13.5. The average Bonchev–Trinajstić information content (AvgIpc) is 2.80. The van der Waals surface area contributed by atoms with Gasteiger partial charge < -0.3 is 14.8 Å². The summed E-state index contributed by atoms with van der Waals surface area (Å²) in [4.78, 5) is 13.0. The molecule has 0 saturated heterocycles. The Bertz CT molecular complexity index is 1180. The van der Waals surface area contributed by atoms with Crippen LogP contribution in [-0.4, -0.2) is 34.1 Å². The predicted molar refractivity (Wildman–Crippen MR) is 130 cm³/mol. The van der Waals surface area contributed by atoms with E-state index in [4.69, 9.17) is 21.1 Å². The van der Waals surface area contributed by atoms with Crippen molar-refractivity contribution in [3.63, 3.8) is 0 Å². The highest BCUT2D eigenvalue weighted by atomic mass is 35.5. The molecule has 0 saturated carbocycles. The number of sulfonamides is 1. The van der Waals surface area contributed by atoms with Crippen LogP contribution in [0.3, 0.4) is 0 Å². The van der Waals surface area contributed by atoms with Gasteiger partial charge in [0.2, 0.25) is 5.91 Å². The molecular formula is C24H25ClN2O5S. The van der Waals surface area contributed by atoms with Gasteiger partial charge in [-0.05, 0) is 74.5 Å². The van der Waals surface area contributed by atoms with Crippen molar-refractivity contribution in [3.05, 3.63) is 77.8 Å². The highest BCUT2D eigenvalue weighted by Crippen LogP contribution is 2.28. The van der Waals surface area contributed by atoms with Crippen LogP contribution in [0.2, 0.25) is 5.02 Å². The van der Waals surface area contributed by atoms with Gasteiger partial charge in [0.05, 0.1) is 29.5 Å². The summed E-state index contributed by atoms with van der Waals surface area (Å²) in [6.07, 6.45) is 0. The highest BCUT2D eigenvalue weighted by Gasteiger charge is 2.27. The van der Waals surface area contributed by atoms with Gasteiger partial charge in [-0.3, -0.25) is 9.10 Å². The van der Waals surface area contributed by atoms with Gasteiger partial charge in [-0.1, -0.05) is 23.7 Å². The molecule has 0 aromatic heterocycles. The lowest BCUT2D eigenvalue weighted by molar-refractivity contribution is -0.114. The van der Waals surface area contributed by atoms with Gasteiger partial charge in [0, 0.05) is 5.02 Å². The second-order valence-electron chi connectivity index (χ2n) is 6.87. The minimum absolute atomic E-state index is 0.0169. The third-order valence-corrected chi connectivity index (χ3v) is 6.63. The van der Waals surface area contributed by atoms with E-state index in [9.17, 15) is 13.2 Å². The van der Waals surface area contributed by atoms with Gasteiger partial charge in [-0.25, -0.2) is 8.42 Å². The Balaban J connectivity index is 1.93. The lowest BCUT2D eigenvalue weighted by Gasteiger charge is -2.24. The van der Waals surface area contributed by atoms with Gasteiger partial charge >= 0.3 is 0 Å². The molecule has 0 bridgehead atoms. The Morgan fingerprint density at radius 1 is 0.909 bits per heavy atom. The number of carbonyl (C=O) groups is 1. The van der Waals surface area contributed by atoms with Crippen LogP contribution in [-0.2, 0) is 14.8 Å². The van der Waals surface area contributed by atoms with E-state index in [1.54, 1.807) is 48.5 Å². The SMILES string of the molecule is CCOc1ccc(N(CC(=O)Nc2ccccc2OCC)S(=O)(=O)c2ccc(Cl)cc2)cc1. The van der Waals surface area contributed by atoms with Gasteiger partial charge in [0.1, 0.15) is 18.0 Å². The lowest BCUT2D eigenvalue weighted by atomic mass is 10.3. The second-order valence-corrected chi connectivity index (χ2v) is 9.17. The molecule has 0 aliphatic carbocycles. The van der Waals surface area contributed by atoms with Crippen molar-refractivity contribution < 1.29 is 22.7 Å². The van der Waals surface area contributed by atoms with Crippen LogP contribution in [0.25, 0.3) is 0 Å². The van der Waals surface area contributed by atoms with Crippen molar-refractivity contribution in [1.82, 2.24) is 0 Å². The minimum Gasteiger partial charge on any atom is -0.494 e. The zero-order valence-electron chi connectivity index (χ0n) is 18.3. The van der Waals surface area contributed by atoms with E-state index in [0.717, 1.165) is 4.31 Å². The molecule has 3 rings (SSSR count). The van der Waals surface area contributed by atoms with Crippen LogP contribution in [0.1, 0.15) is 13.8 Å². The van der Waals surface area contributed by atoms with Gasteiger partial charge in [-0.15, -0.1) is 0 Å². The van der Waals surface area contributed by atoms with Crippen molar-refractivity contribution in [3.8, 4) is 11.5 Å². The fraction of sp³-hybridized carbons (Fsp3) is 0.208. The Kier molecular flexibility index (Phi) is 8.19. The maximum Gasteiger partial charge on any atom is 0.264 e. The summed E-state index contributed by atoms with van der Waals surface area (Å²) in [7, 11) is -4.06. The second kappa shape index (κ2) is 11.1. The molecule has 3 aromatic rings. The Labute approximate surface area is 198 Å². The van der Waals surface area contributed by atoms with E-state index in [1.807, 2.05) is 13.8 Å². The monoisotopic (exact) mass is 488 g/mol. The molecule has 9 heteroatoms. The summed E-state index contributed by atoms with van der Waals surface area (Å²) < 4.78 is 38.9. The number of hydrogen-bond acceptors (Lipinski definition) is 5. The summed E-state index contributed by atoms with van der Waals surface area (Å²) >= 11 is 5.92. The van der Waals surface area contributed by atoms with E-state index in [2.05, 4.69) is 5.32 Å². The smallest absolute Gasteiger partial charge is 0.264 e. The lowest BCUT2D eigenvalue weighted by Crippen LogP contribution is -2.38. The molecular weight excluding hydrogens is 464 g/mol. The fourth-order valence-corrected chi connectivity index (χ4v) is 4.64. The zero-order chi connectivity index (χ0) is 23.8. The molecule has 33 heavy (non-hydrogen) atoms. The summed E-state index contributed by atoms with van der Waals surface area (Å²) in [5.74, 6) is 0.579. The van der Waals surface area contributed by atoms with E-state index in [0.29, 0.717) is 41.1 Å². The maximum absolute atomic E-state index is 13.5. The van der Waals surface area contributed by atoms with Gasteiger partial charge in [0.15, 0.2) is 0 Å². The van der Waals surface area contributed by atoms with Gasteiger partial charge in [-0.2, -0.15) is 0 Å². The molecule has 1 N–H and O–H groups in total. The third-order valence-electron chi connectivity index (χ3n) is 4.59. The summed E-state index contributed by atoms with van der Waals surface area (Å²) in [6.45, 7) is 4.16. The van der Waals surface area contributed by atoms with Crippen LogP contribution >= 0.6 is 11.6 Å². The summed E-state index contributed by atoms with van der Waals surface area (Å²) in [5.41, 5.74) is 0.779. The molecule has 0 radical (unpaired) electrons. The van der Waals surface area contributed by atoms with Crippen LogP contribution < -0.4 is 19.1 Å². The van der Waals surface area contributed by atoms with Crippen LogP contribution in [0, 0.1) is 0 Å². The topological polar surface area (TPSA) is 84.9 Å². The minimum atomic E-state index is -4.06. The first-order valence-corrected chi connectivity index (χ1v) is 12.2. The first-order valence-electron chi connectivity index (χ1n) is 10.4. The fourth-order valence-electron chi connectivity index (χ4n) is 3.10. The summed E-state index contributed by atoms with van der Waals surface area (Å²) in [5, 5.41) is 3.15. The van der Waals surface area contributed by atoms with Crippen molar-refractivity contribution in [1.29, 1.82) is 0 Å². The van der Waals surface area contributed by atoms with E-state index < -0.39 is 22.5 Å². The van der Waals surface area contributed by atoms with Crippen molar-refractivity contribution in [2.45, 2.75) is 18.7 Å². The van der Waals surface area contributed by atoms with Crippen molar-refractivity contribution in [2.24, 2.45) is 0 Å². The first kappa shape index (κ1) is 24.4. The molecule has 0 spiro atoms. The molecule has 0 aliphatic heterocycles. The number of carbonyl (C=O) groups excluding carboxylic acids is 1. The van der Waals surface area contributed by atoms with Crippen molar-refractivity contribution in [2.75, 3.05) is 29.4 Å². The van der Waals surface area contributed by atoms with Crippen LogP contribution in [0.5, 0.6) is 11.5 Å². The molecule has 0 aliphatic rings.